The summed E-state index contributed by atoms with van der Waals surface area (Å²) in [4.78, 5) is 20.7. The van der Waals surface area contributed by atoms with Gasteiger partial charge in [-0.05, 0) is 25.8 Å². The van der Waals surface area contributed by atoms with Crippen molar-refractivity contribution in [1.29, 1.82) is 0 Å². The number of esters is 1. The Hall–Kier alpha value is -2.04. The van der Waals surface area contributed by atoms with Crippen molar-refractivity contribution in [3.63, 3.8) is 0 Å². The van der Waals surface area contributed by atoms with Gasteiger partial charge in [0.2, 0.25) is 10.0 Å². The molecule has 0 fully saturated rings. The van der Waals surface area contributed by atoms with E-state index in [0.717, 1.165) is 12.1 Å². The zero-order valence-electron chi connectivity index (χ0n) is 13.3. The van der Waals surface area contributed by atoms with Crippen LogP contribution in [0.2, 0.25) is 0 Å². The minimum atomic E-state index is -4.20. The van der Waals surface area contributed by atoms with Gasteiger partial charge in [0, 0.05) is 13.0 Å². The third-order valence-electron chi connectivity index (χ3n) is 3.09. The first-order chi connectivity index (χ1) is 11.1. The molecule has 0 aliphatic heterocycles. The van der Waals surface area contributed by atoms with Gasteiger partial charge < -0.3 is 9.84 Å². The van der Waals surface area contributed by atoms with Gasteiger partial charge in [0.1, 0.15) is 6.61 Å². The van der Waals surface area contributed by atoms with Crippen molar-refractivity contribution >= 4 is 21.7 Å². The lowest BCUT2D eigenvalue weighted by atomic mass is 10.1. The average Bonchev–Trinajstić information content (AvgIpc) is 2.49. The Labute approximate surface area is 139 Å². The number of benzene rings is 1. The van der Waals surface area contributed by atoms with Crippen molar-refractivity contribution < 1.29 is 28.0 Å². The molecule has 0 bridgehead atoms. The SMILES string of the molecule is CC(=O)OC[C@@H](CC[C@@H](C)O)NS(=O)(=O)c1ccccc1[N+](=O)[O-]. The molecule has 10 heteroatoms. The van der Waals surface area contributed by atoms with E-state index in [2.05, 4.69) is 4.72 Å². The molecule has 0 heterocycles. The maximum Gasteiger partial charge on any atom is 0.302 e. The number of hydrogen-bond acceptors (Lipinski definition) is 7. The Balaban J connectivity index is 3.01. The van der Waals surface area contributed by atoms with Crippen LogP contribution in [0.15, 0.2) is 29.2 Å². The van der Waals surface area contributed by atoms with Crippen LogP contribution in [0.4, 0.5) is 5.69 Å². The molecule has 0 spiro atoms. The standard InChI is InChI=1S/C14H20N2O7S/c1-10(17)7-8-12(9-23-11(2)18)15-24(21,22)14-6-4-3-5-13(14)16(19)20/h3-6,10,12,15,17H,7-9H2,1-2H3/t10-,12-/m1/s1. The van der Waals surface area contributed by atoms with Gasteiger partial charge in [-0.25, -0.2) is 13.1 Å². The Morgan fingerprint density at radius 2 is 2.00 bits per heavy atom. The van der Waals surface area contributed by atoms with Gasteiger partial charge >= 0.3 is 5.97 Å². The van der Waals surface area contributed by atoms with Gasteiger partial charge in [-0.1, -0.05) is 12.1 Å². The second-order valence-corrected chi connectivity index (χ2v) is 6.95. The maximum absolute atomic E-state index is 12.4. The van der Waals surface area contributed by atoms with E-state index in [-0.39, 0.29) is 19.4 Å². The van der Waals surface area contributed by atoms with Gasteiger partial charge in [0.05, 0.1) is 17.1 Å². The Morgan fingerprint density at radius 1 is 1.38 bits per heavy atom. The molecule has 0 radical (unpaired) electrons. The molecule has 1 aromatic carbocycles. The molecule has 9 nitrogen and oxygen atoms in total. The lowest BCUT2D eigenvalue weighted by molar-refractivity contribution is -0.387. The van der Waals surface area contributed by atoms with E-state index >= 15 is 0 Å². The van der Waals surface area contributed by atoms with Crippen molar-refractivity contribution in [1.82, 2.24) is 4.72 Å². The van der Waals surface area contributed by atoms with Crippen LogP contribution < -0.4 is 4.72 Å². The highest BCUT2D eigenvalue weighted by molar-refractivity contribution is 7.89. The minimum absolute atomic E-state index is 0.199. The number of sulfonamides is 1. The zero-order chi connectivity index (χ0) is 18.3. The largest absolute Gasteiger partial charge is 0.464 e. The van der Waals surface area contributed by atoms with Gasteiger partial charge in [0.15, 0.2) is 4.90 Å². The van der Waals surface area contributed by atoms with Crippen LogP contribution >= 0.6 is 0 Å². The summed E-state index contributed by atoms with van der Waals surface area (Å²) >= 11 is 0. The molecule has 2 atom stereocenters. The number of carbonyl (C=O) groups excluding carboxylic acids is 1. The van der Waals surface area contributed by atoms with Gasteiger partial charge in [-0.15, -0.1) is 0 Å². The summed E-state index contributed by atoms with van der Waals surface area (Å²) in [5, 5.41) is 20.3. The number of para-hydroxylation sites is 1. The molecule has 1 rings (SSSR count). The van der Waals surface area contributed by atoms with Crippen LogP contribution in [0, 0.1) is 10.1 Å². The van der Waals surface area contributed by atoms with E-state index in [1.165, 1.54) is 19.1 Å². The van der Waals surface area contributed by atoms with E-state index in [4.69, 9.17) is 4.74 Å². The third kappa shape index (κ3) is 6.22. The zero-order valence-corrected chi connectivity index (χ0v) is 14.2. The Bertz CT molecular complexity index is 688. The van der Waals surface area contributed by atoms with E-state index < -0.39 is 43.6 Å². The highest BCUT2D eigenvalue weighted by Crippen LogP contribution is 2.23. The molecule has 0 aromatic heterocycles. The van der Waals surface area contributed by atoms with Gasteiger partial charge in [0.25, 0.3) is 5.69 Å². The molecular formula is C14H20N2O7S. The van der Waals surface area contributed by atoms with Crippen LogP contribution in [0.3, 0.4) is 0 Å². The fraction of sp³-hybridized carbons (Fsp3) is 0.500. The predicted molar refractivity (Wildman–Crippen MR) is 84.8 cm³/mol. The second-order valence-electron chi connectivity index (χ2n) is 5.27. The molecule has 0 amide bonds. The molecule has 0 aliphatic rings. The third-order valence-corrected chi connectivity index (χ3v) is 4.66. The number of ether oxygens (including phenoxy) is 1. The predicted octanol–water partition coefficient (Wildman–Crippen LogP) is 0.966. The number of nitro benzene ring substituents is 1. The summed E-state index contributed by atoms with van der Waals surface area (Å²) in [6, 6.07) is 4.14. The van der Waals surface area contributed by atoms with Crippen LogP contribution in [-0.2, 0) is 19.6 Å². The smallest absolute Gasteiger partial charge is 0.302 e. The number of aliphatic hydroxyl groups excluding tert-OH is 1. The molecule has 0 saturated heterocycles. The fourth-order valence-corrected chi connectivity index (χ4v) is 3.38. The lowest BCUT2D eigenvalue weighted by Gasteiger charge is -2.19. The van der Waals surface area contributed by atoms with Gasteiger partial charge in [-0.2, -0.15) is 0 Å². The first-order valence-electron chi connectivity index (χ1n) is 7.20. The monoisotopic (exact) mass is 360 g/mol. The van der Waals surface area contributed by atoms with Crippen molar-refractivity contribution in [3.8, 4) is 0 Å². The second kappa shape index (κ2) is 8.71. The number of nitrogens with one attached hydrogen (secondary N) is 1. The van der Waals surface area contributed by atoms with Crippen molar-refractivity contribution in [2.75, 3.05) is 6.61 Å². The lowest BCUT2D eigenvalue weighted by Crippen LogP contribution is -2.39. The van der Waals surface area contributed by atoms with Crippen LogP contribution in [0.5, 0.6) is 0 Å². The Kier molecular flexibility index (Phi) is 7.26. The first kappa shape index (κ1) is 20.0. The normalized spacial score (nSPS) is 14.0. The average molecular weight is 360 g/mol. The van der Waals surface area contributed by atoms with Crippen LogP contribution in [0.1, 0.15) is 26.7 Å². The molecule has 24 heavy (non-hydrogen) atoms. The Morgan fingerprint density at radius 3 is 2.54 bits per heavy atom. The highest BCUT2D eigenvalue weighted by Gasteiger charge is 2.28. The first-order valence-corrected chi connectivity index (χ1v) is 8.69. The number of nitro groups is 1. The minimum Gasteiger partial charge on any atom is -0.464 e. The van der Waals surface area contributed by atoms with Crippen LogP contribution in [0.25, 0.3) is 0 Å². The molecular weight excluding hydrogens is 340 g/mol. The molecule has 134 valence electrons. The van der Waals surface area contributed by atoms with E-state index in [9.17, 15) is 28.4 Å². The number of carbonyl (C=O) groups is 1. The fourth-order valence-electron chi connectivity index (χ4n) is 1.95. The molecule has 1 aromatic rings. The summed E-state index contributed by atoms with van der Waals surface area (Å²) in [5.74, 6) is -0.582. The van der Waals surface area contributed by atoms with Crippen molar-refractivity contribution in [3.05, 3.63) is 34.4 Å². The van der Waals surface area contributed by atoms with E-state index in [1.807, 2.05) is 0 Å². The van der Waals surface area contributed by atoms with Crippen LogP contribution in [-0.4, -0.2) is 43.2 Å². The number of aliphatic hydroxyl groups is 1. The molecule has 0 saturated carbocycles. The number of hydrogen-bond donors (Lipinski definition) is 2. The number of rotatable bonds is 9. The molecule has 2 N–H and O–H groups in total. The summed E-state index contributed by atoms with van der Waals surface area (Å²) in [7, 11) is -4.20. The summed E-state index contributed by atoms with van der Waals surface area (Å²) in [6.07, 6.45) is -0.198. The van der Waals surface area contributed by atoms with Crippen molar-refractivity contribution in [2.24, 2.45) is 0 Å². The summed E-state index contributed by atoms with van der Waals surface area (Å²) in [6.45, 7) is 2.49. The highest BCUT2D eigenvalue weighted by atomic mass is 32.2. The molecule has 0 aliphatic carbocycles. The topological polar surface area (TPSA) is 136 Å². The van der Waals surface area contributed by atoms with Crippen molar-refractivity contribution in [2.45, 2.75) is 43.7 Å². The summed E-state index contributed by atoms with van der Waals surface area (Å²) < 4.78 is 32.0. The van der Waals surface area contributed by atoms with E-state index in [0.29, 0.717) is 0 Å². The molecule has 0 unspecified atom stereocenters. The number of nitrogens with zero attached hydrogens (tertiary/aromatic N) is 1. The van der Waals surface area contributed by atoms with E-state index in [1.54, 1.807) is 6.92 Å². The quantitative estimate of drug-likeness (QED) is 0.380. The van der Waals surface area contributed by atoms with Gasteiger partial charge in [-0.3, -0.25) is 14.9 Å². The summed E-state index contributed by atoms with van der Waals surface area (Å²) in [5.41, 5.74) is -0.549. The maximum atomic E-state index is 12.4.